The van der Waals surface area contributed by atoms with Gasteiger partial charge >= 0.3 is 0 Å². The zero-order valence-electron chi connectivity index (χ0n) is 13.9. The summed E-state index contributed by atoms with van der Waals surface area (Å²) in [5.74, 6) is -0.0622. The third kappa shape index (κ3) is 5.52. The Hall–Kier alpha value is -0.660. The van der Waals surface area contributed by atoms with Crippen LogP contribution in [-0.2, 0) is 14.8 Å². The highest BCUT2D eigenvalue weighted by atomic mass is 32.2. The lowest BCUT2D eigenvalue weighted by Gasteiger charge is -2.25. The number of amides is 1. The molecule has 130 valence electrons. The van der Waals surface area contributed by atoms with Crippen LogP contribution in [0.5, 0.6) is 0 Å². The van der Waals surface area contributed by atoms with Crippen LogP contribution in [0.25, 0.3) is 0 Å². The number of nitrogens with two attached hydrogens (primary N) is 1. The van der Waals surface area contributed by atoms with Gasteiger partial charge in [0.2, 0.25) is 15.9 Å². The van der Waals surface area contributed by atoms with Gasteiger partial charge in [-0.1, -0.05) is 33.1 Å². The summed E-state index contributed by atoms with van der Waals surface area (Å²) in [5, 5.41) is 2.93. The summed E-state index contributed by atoms with van der Waals surface area (Å²) in [6.45, 7) is 4.89. The normalized spacial score (nSPS) is 21.0. The van der Waals surface area contributed by atoms with E-state index in [4.69, 9.17) is 5.73 Å². The smallest absolute Gasteiger partial charge is 0.238 e. The second kappa shape index (κ2) is 9.47. The lowest BCUT2D eigenvalue weighted by atomic mass is 10.1. The Balaban J connectivity index is 2.66. The Morgan fingerprint density at radius 2 is 2.00 bits per heavy atom. The molecule has 1 saturated heterocycles. The predicted octanol–water partition coefficient (Wildman–Crippen LogP) is 1.21. The largest absolute Gasteiger partial charge is 0.351 e. The van der Waals surface area contributed by atoms with Crippen LogP contribution in [0.2, 0.25) is 0 Å². The van der Waals surface area contributed by atoms with Crippen molar-refractivity contribution in [2.45, 2.75) is 70.9 Å². The third-order valence-electron chi connectivity index (χ3n) is 4.16. The van der Waals surface area contributed by atoms with Crippen LogP contribution in [0.15, 0.2) is 0 Å². The highest BCUT2D eigenvalue weighted by molar-refractivity contribution is 7.89. The van der Waals surface area contributed by atoms with Crippen molar-refractivity contribution in [1.82, 2.24) is 9.62 Å². The zero-order chi connectivity index (χ0) is 16.6. The summed E-state index contributed by atoms with van der Waals surface area (Å²) in [7, 11) is -3.33. The lowest BCUT2D eigenvalue weighted by molar-refractivity contribution is -0.124. The monoisotopic (exact) mass is 333 g/mol. The number of hydrogen-bond acceptors (Lipinski definition) is 4. The van der Waals surface area contributed by atoms with E-state index in [2.05, 4.69) is 12.2 Å². The molecule has 0 bridgehead atoms. The summed E-state index contributed by atoms with van der Waals surface area (Å²) in [6, 6.07) is -0.620. The number of carbonyl (C=O) groups is 1. The van der Waals surface area contributed by atoms with Crippen LogP contribution in [0.4, 0.5) is 0 Å². The van der Waals surface area contributed by atoms with Crippen LogP contribution < -0.4 is 11.1 Å². The minimum absolute atomic E-state index is 0.0618. The molecule has 0 aromatic carbocycles. The van der Waals surface area contributed by atoms with Crippen LogP contribution in [-0.4, -0.2) is 49.6 Å². The van der Waals surface area contributed by atoms with E-state index in [1.807, 2.05) is 6.92 Å². The summed E-state index contributed by atoms with van der Waals surface area (Å²) < 4.78 is 26.1. The molecular formula is C15H31N3O3S. The Bertz CT molecular complexity index is 439. The fourth-order valence-corrected chi connectivity index (χ4v) is 4.66. The van der Waals surface area contributed by atoms with Gasteiger partial charge < -0.3 is 11.1 Å². The first-order chi connectivity index (χ1) is 10.5. The molecule has 2 atom stereocenters. The molecule has 1 heterocycles. The highest BCUT2D eigenvalue weighted by Crippen LogP contribution is 2.22. The number of unbranched alkanes of at least 4 members (excludes halogenated alkanes) is 2. The van der Waals surface area contributed by atoms with Gasteiger partial charge in [-0.3, -0.25) is 4.79 Å². The van der Waals surface area contributed by atoms with Gasteiger partial charge in [-0.15, -0.1) is 0 Å². The number of nitrogens with one attached hydrogen (secondary N) is 1. The molecule has 0 aromatic rings. The van der Waals surface area contributed by atoms with Gasteiger partial charge in [0.05, 0.1) is 5.75 Å². The fourth-order valence-electron chi connectivity index (χ4n) is 2.78. The molecule has 0 aliphatic carbocycles. The summed E-state index contributed by atoms with van der Waals surface area (Å²) >= 11 is 0. The number of nitrogens with zero attached hydrogens (tertiary/aromatic N) is 1. The van der Waals surface area contributed by atoms with Crippen molar-refractivity contribution in [3.63, 3.8) is 0 Å². The van der Waals surface area contributed by atoms with E-state index in [9.17, 15) is 13.2 Å². The van der Waals surface area contributed by atoms with Crippen molar-refractivity contribution in [2.75, 3.05) is 18.8 Å². The molecule has 1 rings (SSSR count). The summed E-state index contributed by atoms with van der Waals surface area (Å²) in [4.78, 5) is 12.4. The molecule has 1 aliphatic rings. The summed E-state index contributed by atoms with van der Waals surface area (Å²) in [5.41, 5.74) is 5.70. The summed E-state index contributed by atoms with van der Waals surface area (Å²) in [6.07, 6.45) is 5.70. The first kappa shape index (κ1) is 19.4. The molecule has 3 N–H and O–H groups in total. The molecule has 22 heavy (non-hydrogen) atoms. The van der Waals surface area contributed by atoms with Gasteiger partial charge in [0, 0.05) is 19.1 Å². The van der Waals surface area contributed by atoms with Crippen molar-refractivity contribution in [2.24, 2.45) is 5.73 Å². The van der Waals surface area contributed by atoms with Crippen molar-refractivity contribution in [3.8, 4) is 0 Å². The first-order valence-electron chi connectivity index (χ1n) is 8.46. The lowest BCUT2D eigenvalue weighted by Crippen LogP contribution is -2.50. The molecule has 2 unspecified atom stereocenters. The van der Waals surface area contributed by atoms with Crippen molar-refractivity contribution in [1.29, 1.82) is 0 Å². The number of sulfonamides is 1. The Kier molecular flexibility index (Phi) is 8.35. The number of hydrogen-bond donors (Lipinski definition) is 2. The highest BCUT2D eigenvalue weighted by Gasteiger charge is 2.38. The molecule has 7 heteroatoms. The zero-order valence-corrected chi connectivity index (χ0v) is 14.7. The van der Waals surface area contributed by atoms with Crippen molar-refractivity contribution < 1.29 is 13.2 Å². The molecular weight excluding hydrogens is 302 g/mol. The predicted molar refractivity (Wildman–Crippen MR) is 88.9 cm³/mol. The van der Waals surface area contributed by atoms with Gasteiger partial charge in [0.1, 0.15) is 6.04 Å². The molecule has 0 spiro atoms. The second-order valence-electron chi connectivity index (χ2n) is 6.02. The standard InChI is InChI=1S/C15H31N3O3S/c1-3-5-8-13(12-16)17-15(19)14-9-7-10-18(14)22(20,21)11-6-4-2/h13-14H,3-12,16H2,1-2H3,(H,17,19). The molecule has 1 aliphatic heterocycles. The minimum Gasteiger partial charge on any atom is -0.351 e. The van der Waals surface area contributed by atoms with Gasteiger partial charge in [-0.2, -0.15) is 4.31 Å². The molecule has 1 fully saturated rings. The van der Waals surface area contributed by atoms with E-state index in [1.54, 1.807) is 0 Å². The Labute approximate surface area is 134 Å². The third-order valence-corrected chi connectivity index (χ3v) is 6.11. The number of carbonyl (C=O) groups excluding carboxylic acids is 1. The van der Waals surface area contributed by atoms with Crippen LogP contribution in [0.3, 0.4) is 0 Å². The van der Waals surface area contributed by atoms with Gasteiger partial charge in [0.15, 0.2) is 0 Å². The van der Waals surface area contributed by atoms with Crippen molar-refractivity contribution in [3.05, 3.63) is 0 Å². The molecule has 0 aromatic heterocycles. The van der Waals surface area contributed by atoms with E-state index >= 15 is 0 Å². The second-order valence-corrected chi connectivity index (χ2v) is 8.06. The SMILES string of the molecule is CCCCC(CN)NC(=O)C1CCCN1S(=O)(=O)CCCC. The molecule has 0 saturated carbocycles. The van der Waals surface area contributed by atoms with Crippen LogP contribution >= 0.6 is 0 Å². The molecule has 6 nitrogen and oxygen atoms in total. The topological polar surface area (TPSA) is 92.5 Å². The van der Waals surface area contributed by atoms with E-state index in [1.165, 1.54) is 4.31 Å². The maximum absolute atomic E-state index is 12.4. The first-order valence-corrected chi connectivity index (χ1v) is 10.1. The Morgan fingerprint density at radius 1 is 1.32 bits per heavy atom. The van der Waals surface area contributed by atoms with Gasteiger partial charge in [-0.25, -0.2) is 8.42 Å². The molecule has 0 radical (unpaired) electrons. The number of rotatable bonds is 10. The maximum atomic E-state index is 12.4. The quantitative estimate of drug-likeness (QED) is 0.628. The van der Waals surface area contributed by atoms with E-state index in [-0.39, 0.29) is 17.7 Å². The average molecular weight is 333 g/mol. The Morgan fingerprint density at radius 3 is 2.59 bits per heavy atom. The fraction of sp³-hybridized carbons (Fsp3) is 0.933. The maximum Gasteiger partial charge on any atom is 0.238 e. The van der Waals surface area contributed by atoms with Crippen molar-refractivity contribution >= 4 is 15.9 Å². The van der Waals surface area contributed by atoms with Crippen LogP contribution in [0, 0.1) is 0 Å². The van der Waals surface area contributed by atoms with Gasteiger partial charge in [0.25, 0.3) is 0 Å². The van der Waals surface area contributed by atoms with E-state index < -0.39 is 16.1 Å². The van der Waals surface area contributed by atoms with E-state index in [0.717, 1.165) is 32.1 Å². The molecule has 1 amide bonds. The van der Waals surface area contributed by atoms with Crippen LogP contribution in [0.1, 0.15) is 58.8 Å². The van der Waals surface area contributed by atoms with Gasteiger partial charge in [-0.05, 0) is 25.7 Å². The van der Waals surface area contributed by atoms with E-state index in [0.29, 0.717) is 25.9 Å². The minimum atomic E-state index is -3.33. The average Bonchev–Trinajstić information content (AvgIpc) is 2.99.